The molecule has 1 saturated heterocycles. The van der Waals surface area contributed by atoms with E-state index in [0.29, 0.717) is 24.4 Å². The Hall–Kier alpha value is -1.84. The van der Waals surface area contributed by atoms with E-state index in [4.69, 9.17) is 4.74 Å². The molecule has 0 bridgehead atoms. The summed E-state index contributed by atoms with van der Waals surface area (Å²) in [5.74, 6) is 0.214. The maximum absolute atomic E-state index is 11.7. The number of amides is 1. The topological polar surface area (TPSA) is 46.6 Å². The van der Waals surface area contributed by atoms with E-state index in [2.05, 4.69) is 0 Å². The van der Waals surface area contributed by atoms with Crippen molar-refractivity contribution in [2.24, 2.45) is 0 Å². The molecule has 1 aliphatic rings. The van der Waals surface area contributed by atoms with Crippen LogP contribution < -0.4 is 9.64 Å². The predicted molar refractivity (Wildman–Crippen MR) is 64.1 cm³/mol. The van der Waals surface area contributed by atoms with Crippen molar-refractivity contribution in [1.29, 1.82) is 0 Å². The highest BCUT2D eigenvalue weighted by Crippen LogP contribution is 2.34. The van der Waals surface area contributed by atoms with Crippen LogP contribution in [0, 0.1) is 6.92 Å². The summed E-state index contributed by atoms with van der Waals surface area (Å²) in [7, 11) is 0. The molecule has 0 unspecified atom stereocenters. The lowest BCUT2D eigenvalue weighted by molar-refractivity contribution is -0.132. The van der Waals surface area contributed by atoms with Gasteiger partial charge in [-0.25, -0.2) is 0 Å². The highest BCUT2D eigenvalue weighted by atomic mass is 16.5. The number of anilines is 1. The second kappa shape index (κ2) is 4.57. The van der Waals surface area contributed by atoms with Gasteiger partial charge >= 0.3 is 5.97 Å². The molecule has 1 aromatic carbocycles. The van der Waals surface area contributed by atoms with Crippen molar-refractivity contribution in [2.75, 3.05) is 11.4 Å². The number of rotatable bonds is 2. The lowest BCUT2D eigenvalue weighted by atomic mass is 10.2. The normalized spacial score (nSPS) is 15.2. The van der Waals surface area contributed by atoms with E-state index in [9.17, 15) is 9.59 Å². The number of nitrogens with zero attached hydrogens (tertiary/aromatic N) is 1. The molecule has 1 amide bonds. The van der Waals surface area contributed by atoms with Crippen molar-refractivity contribution in [1.82, 2.24) is 0 Å². The second-order valence-electron chi connectivity index (χ2n) is 4.17. The summed E-state index contributed by atoms with van der Waals surface area (Å²) in [6.45, 7) is 3.92. The van der Waals surface area contributed by atoms with Gasteiger partial charge in [-0.1, -0.05) is 12.1 Å². The van der Waals surface area contributed by atoms with Crippen molar-refractivity contribution in [3.63, 3.8) is 0 Å². The molecule has 1 fully saturated rings. The molecule has 0 saturated carbocycles. The van der Waals surface area contributed by atoms with Gasteiger partial charge in [0.25, 0.3) is 0 Å². The van der Waals surface area contributed by atoms with Crippen LogP contribution in [0.5, 0.6) is 5.75 Å². The van der Waals surface area contributed by atoms with Gasteiger partial charge in [-0.2, -0.15) is 0 Å². The van der Waals surface area contributed by atoms with Gasteiger partial charge < -0.3 is 9.64 Å². The Labute approximate surface area is 100 Å². The molecular weight excluding hydrogens is 218 g/mol. The summed E-state index contributed by atoms with van der Waals surface area (Å²) in [6, 6.07) is 5.54. The monoisotopic (exact) mass is 233 g/mol. The molecular formula is C13H15NO3. The van der Waals surface area contributed by atoms with Crippen molar-refractivity contribution in [3.05, 3.63) is 23.8 Å². The molecule has 0 radical (unpaired) electrons. The molecule has 4 heteroatoms. The third kappa shape index (κ3) is 2.30. The number of carbonyl (C=O) groups is 2. The van der Waals surface area contributed by atoms with Gasteiger partial charge in [-0.15, -0.1) is 0 Å². The quantitative estimate of drug-likeness (QED) is 0.580. The number of para-hydroxylation sites is 1. The third-order valence-electron chi connectivity index (χ3n) is 2.80. The molecule has 0 atom stereocenters. The van der Waals surface area contributed by atoms with Crippen molar-refractivity contribution >= 4 is 17.6 Å². The fourth-order valence-electron chi connectivity index (χ4n) is 2.03. The maximum atomic E-state index is 11.7. The molecule has 2 rings (SSSR count). The molecule has 4 nitrogen and oxygen atoms in total. The Bertz CT molecular complexity index is 468. The summed E-state index contributed by atoms with van der Waals surface area (Å²) in [5, 5.41) is 0. The van der Waals surface area contributed by atoms with Gasteiger partial charge in [-0.3, -0.25) is 9.59 Å². The lowest BCUT2D eigenvalue weighted by Gasteiger charge is -2.20. The lowest BCUT2D eigenvalue weighted by Crippen LogP contribution is -2.24. The third-order valence-corrected chi connectivity index (χ3v) is 2.80. The average Bonchev–Trinajstić information content (AvgIpc) is 2.67. The van der Waals surface area contributed by atoms with Crippen molar-refractivity contribution < 1.29 is 14.3 Å². The van der Waals surface area contributed by atoms with Crippen LogP contribution in [0.2, 0.25) is 0 Å². The molecule has 0 aromatic heterocycles. The summed E-state index contributed by atoms with van der Waals surface area (Å²) >= 11 is 0. The Balaban J connectivity index is 2.41. The fourth-order valence-corrected chi connectivity index (χ4v) is 2.03. The van der Waals surface area contributed by atoms with Gasteiger partial charge in [0.05, 0.1) is 5.69 Å². The molecule has 17 heavy (non-hydrogen) atoms. The van der Waals surface area contributed by atoms with Gasteiger partial charge in [0.1, 0.15) is 0 Å². The van der Waals surface area contributed by atoms with E-state index in [1.165, 1.54) is 6.92 Å². The number of carbonyl (C=O) groups excluding carboxylic acids is 2. The summed E-state index contributed by atoms with van der Waals surface area (Å²) in [6.07, 6.45) is 1.42. The van der Waals surface area contributed by atoms with E-state index in [1.807, 2.05) is 25.1 Å². The smallest absolute Gasteiger partial charge is 0.308 e. The van der Waals surface area contributed by atoms with Gasteiger partial charge in [0.2, 0.25) is 5.91 Å². The minimum atomic E-state index is -0.368. The minimum absolute atomic E-state index is 0.0870. The van der Waals surface area contributed by atoms with Crippen molar-refractivity contribution in [2.45, 2.75) is 26.7 Å². The highest BCUT2D eigenvalue weighted by Gasteiger charge is 2.25. The molecule has 0 N–H and O–H groups in total. The number of ether oxygens (including phenoxy) is 1. The van der Waals surface area contributed by atoms with Crippen LogP contribution in [-0.2, 0) is 9.59 Å². The first kappa shape index (κ1) is 11.6. The Morgan fingerprint density at radius 3 is 2.76 bits per heavy atom. The van der Waals surface area contributed by atoms with Crippen molar-refractivity contribution in [3.8, 4) is 5.75 Å². The first-order valence-electron chi connectivity index (χ1n) is 5.68. The van der Waals surface area contributed by atoms with Gasteiger partial charge in [0, 0.05) is 19.9 Å². The number of hydrogen-bond acceptors (Lipinski definition) is 3. The zero-order valence-electron chi connectivity index (χ0n) is 10.0. The molecule has 0 spiro atoms. The van der Waals surface area contributed by atoms with Crippen LogP contribution in [-0.4, -0.2) is 18.4 Å². The zero-order valence-corrected chi connectivity index (χ0v) is 10.0. The number of esters is 1. The first-order chi connectivity index (χ1) is 8.09. The Morgan fingerprint density at radius 2 is 2.18 bits per heavy atom. The van der Waals surface area contributed by atoms with Crippen LogP contribution in [0.4, 0.5) is 5.69 Å². The molecule has 0 aliphatic carbocycles. The average molecular weight is 233 g/mol. The Morgan fingerprint density at radius 1 is 1.41 bits per heavy atom. The summed E-state index contributed by atoms with van der Waals surface area (Å²) in [5.41, 5.74) is 1.56. The largest absolute Gasteiger partial charge is 0.424 e. The van der Waals surface area contributed by atoms with Crippen LogP contribution in [0.3, 0.4) is 0 Å². The predicted octanol–water partition coefficient (Wildman–Crippen LogP) is 2.05. The van der Waals surface area contributed by atoms with Crippen LogP contribution in [0.15, 0.2) is 18.2 Å². The summed E-state index contributed by atoms with van der Waals surface area (Å²) in [4.78, 5) is 24.5. The van der Waals surface area contributed by atoms with Gasteiger partial charge in [-0.05, 0) is 25.0 Å². The summed E-state index contributed by atoms with van der Waals surface area (Å²) < 4.78 is 5.20. The maximum Gasteiger partial charge on any atom is 0.308 e. The standard InChI is InChI=1S/C13H15NO3/c1-9-5-3-6-11(13(9)17-10(2)15)14-8-4-7-12(14)16/h3,5-6H,4,7-8H2,1-2H3. The zero-order chi connectivity index (χ0) is 12.4. The van der Waals surface area contributed by atoms with E-state index < -0.39 is 0 Å². The van der Waals surface area contributed by atoms with E-state index in [0.717, 1.165) is 12.0 Å². The first-order valence-corrected chi connectivity index (χ1v) is 5.68. The Kier molecular flexibility index (Phi) is 3.13. The minimum Gasteiger partial charge on any atom is -0.424 e. The van der Waals surface area contributed by atoms with E-state index >= 15 is 0 Å². The number of hydrogen-bond donors (Lipinski definition) is 0. The SMILES string of the molecule is CC(=O)Oc1c(C)cccc1N1CCCC1=O. The second-order valence-corrected chi connectivity index (χ2v) is 4.17. The van der Waals surface area contributed by atoms with Crippen LogP contribution in [0.25, 0.3) is 0 Å². The number of aryl methyl sites for hydroxylation is 1. The molecule has 1 aromatic rings. The highest BCUT2D eigenvalue weighted by molar-refractivity contribution is 5.97. The molecule has 90 valence electrons. The molecule has 1 aliphatic heterocycles. The number of benzene rings is 1. The van der Waals surface area contributed by atoms with Crippen LogP contribution >= 0.6 is 0 Å². The van der Waals surface area contributed by atoms with Crippen LogP contribution in [0.1, 0.15) is 25.3 Å². The van der Waals surface area contributed by atoms with Gasteiger partial charge in [0.15, 0.2) is 5.75 Å². The van der Waals surface area contributed by atoms with E-state index in [1.54, 1.807) is 4.90 Å². The van der Waals surface area contributed by atoms with E-state index in [-0.39, 0.29) is 11.9 Å². The molecule has 1 heterocycles. The fraction of sp³-hybridized carbons (Fsp3) is 0.385.